The van der Waals surface area contributed by atoms with Gasteiger partial charge in [0.15, 0.2) is 0 Å². The Hall–Kier alpha value is -2.16. The van der Waals surface area contributed by atoms with Gasteiger partial charge in [-0.2, -0.15) is 0 Å². The molecule has 0 aliphatic rings. The Kier molecular flexibility index (Phi) is 3.65. The van der Waals surface area contributed by atoms with Crippen molar-refractivity contribution in [3.05, 3.63) is 41.5 Å². The molecule has 3 N–H and O–H groups in total. The summed E-state index contributed by atoms with van der Waals surface area (Å²) in [6.07, 6.45) is 1.75. The molecule has 0 radical (unpaired) electrons. The molecule has 0 saturated heterocycles. The first kappa shape index (κ1) is 13.3. The zero-order valence-corrected chi connectivity index (χ0v) is 11.1. The fourth-order valence-electron chi connectivity index (χ4n) is 2.28. The standard InChI is InChI=1S/C16H18O3/c1-3-10-5-6-13(11(4-2)7-10)16-14(18)8-12(17)9-15(16)19/h5-9,17-19H,3-4H2,1-2H3. The Morgan fingerprint density at radius 3 is 2.00 bits per heavy atom. The van der Waals surface area contributed by atoms with Crippen LogP contribution in [0.25, 0.3) is 11.1 Å². The van der Waals surface area contributed by atoms with Gasteiger partial charge in [-0.1, -0.05) is 32.0 Å². The maximum Gasteiger partial charge on any atom is 0.130 e. The van der Waals surface area contributed by atoms with Crippen molar-refractivity contribution in [3.63, 3.8) is 0 Å². The summed E-state index contributed by atoms with van der Waals surface area (Å²) in [7, 11) is 0. The summed E-state index contributed by atoms with van der Waals surface area (Å²) in [5.41, 5.74) is 3.46. The SMILES string of the molecule is CCc1ccc(-c2c(O)cc(O)cc2O)c(CC)c1. The molecule has 2 aromatic rings. The molecule has 19 heavy (non-hydrogen) atoms. The highest BCUT2D eigenvalue weighted by Gasteiger charge is 2.15. The van der Waals surface area contributed by atoms with E-state index in [-0.39, 0.29) is 17.2 Å². The van der Waals surface area contributed by atoms with Crippen LogP contribution in [-0.2, 0) is 12.8 Å². The second-order valence-corrected chi connectivity index (χ2v) is 4.56. The van der Waals surface area contributed by atoms with Crippen LogP contribution in [0, 0.1) is 0 Å². The quantitative estimate of drug-likeness (QED) is 0.788. The van der Waals surface area contributed by atoms with Gasteiger partial charge in [0.25, 0.3) is 0 Å². The molecule has 0 aromatic heterocycles. The molecule has 0 amide bonds. The number of rotatable bonds is 3. The van der Waals surface area contributed by atoms with Crippen LogP contribution in [0.1, 0.15) is 25.0 Å². The minimum Gasteiger partial charge on any atom is -0.508 e. The van der Waals surface area contributed by atoms with Gasteiger partial charge >= 0.3 is 0 Å². The van der Waals surface area contributed by atoms with Crippen molar-refractivity contribution in [3.8, 4) is 28.4 Å². The lowest BCUT2D eigenvalue weighted by Crippen LogP contribution is -1.92. The minimum absolute atomic E-state index is 0.114. The molecule has 0 aliphatic heterocycles. The highest BCUT2D eigenvalue weighted by molar-refractivity contribution is 5.79. The van der Waals surface area contributed by atoms with Gasteiger partial charge in [0, 0.05) is 12.1 Å². The van der Waals surface area contributed by atoms with Crippen molar-refractivity contribution >= 4 is 0 Å². The second-order valence-electron chi connectivity index (χ2n) is 4.56. The van der Waals surface area contributed by atoms with Crippen LogP contribution >= 0.6 is 0 Å². The fourth-order valence-corrected chi connectivity index (χ4v) is 2.28. The fraction of sp³-hybridized carbons (Fsp3) is 0.250. The van der Waals surface area contributed by atoms with Gasteiger partial charge < -0.3 is 15.3 Å². The van der Waals surface area contributed by atoms with Crippen molar-refractivity contribution in [2.24, 2.45) is 0 Å². The van der Waals surface area contributed by atoms with Gasteiger partial charge in [0.05, 0.1) is 5.56 Å². The lowest BCUT2D eigenvalue weighted by Gasteiger charge is -2.13. The molecule has 3 heteroatoms. The summed E-state index contributed by atoms with van der Waals surface area (Å²) in [6.45, 7) is 4.12. The molecule has 0 fully saturated rings. The molecule has 0 atom stereocenters. The highest BCUT2D eigenvalue weighted by atomic mass is 16.3. The van der Waals surface area contributed by atoms with E-state index >= 15 is 0 Å². The summed E-state index contributed by atoms with van der Waals surface area (Å²) >= 11 is 0. The molecule has 0 heterocycles. The highest BCUT2D eigenvalue weighted by Crippen LogP contribution is 2.41. The Balaban J connectivity index is 2.65. The van der Waals surface area contributed by atoms with Gasteiger partial charge in [-0.05, 0) is 29.5 Å². The van der Waals surface area contributed by atoms with Gasteiger partial charge in [0.1, 0.15) is 17.2 Å². The molecule has 0 bridgehead atoms. The Labute approximate surface area is 112 Å². The zero-order valence-electron chi connectivity index (χ0n) is 11.1. The van der Waals surface area contributed by atoms with E-state index in [4.69, 9.17) is 0 Å². The summed E-state index contributed by atoms with van der Waals surface area (Å²) in [4.78, 5) is 0. The molecular weight excluding hydrogens is 240 g/mol. The van der Waals surface area contributed by atoms with E-state index in [2.05, 4.69) is 13.0 Å². The van der Waals surface area contributed by atoms with Gasteiger partial charge in [-0.15, -0.1) is 0 Å². The third-order valence-electron chi connectivity index (χ3n) is 3.31. The van der Waals surface area contributed by atoms with Crippen molar-refractivity contribution in [1.29, 1.82) is 0 Å². The van der Waals surface area contributed by atoms with E-state index < -0.39 is 0 Å². The first-order valence-corrected chi connectivity index (χ1v) is 6.43. The smallest absolute Gasteiger partial charge is 0.130 e. The number of phenolic OH excluding ortho intramolecular Hbond substituents is 3. The van der Waals surface area contributed by atoms with Crippen LogP contribution in [0.4, 0.5) is 0 Å². The topological polar surface area (TPSA) is 60.7 Å². The third kappa shape index (κ3) is 2.50. The summed E-state index contributed by atoms with van der Waals surface area (Å²) in [6, 6.07) is 8.45. The van der Waals surface area contributed by atoms with Crippen LogP contribution in [0.2, 0.25) is 0 Å². The number of hydrogen-bond donors (Lipinski definition) is 3. The summed E-state index contributed by atoms with van der Waals surface area (Å²) < 4.78 is 0. The monoisotopic (exact) mass is 258 g/mol. The summed E-state index contributed by atoms with van der Waals surface area (Å²) in [5, 5.41) is 29.3. The molecule has 2 aromatic carbocycles. The number of hydrogen-bond acceptors (Lipinski definition) is 3. The maximum absolute atomic E-state index is 9.95. The Morgan fingerprint density at radius 2 is 1.47 bits per heavy atom. The van der Waals surface area contributed by atoms with Crippen molar-refractivity contribution in [1.82, 2.24) is 0 Å². The van der Waals surface area contributed by atoms with Gasteiger partial charge in [-0.3, -0.25) is 0 Å². The maximum atomic E-state index is 9.95. The second kappa shape index (κ2) is 5.22. The number of phenols is 3. The Bertz CT molecular complexity index is 580. The molecule has 0 saturated carbocycles. The third-order valence-corrected chi connectivity index (χ3v) is 3.31. The molecule has 2 rings (SSSR count). The molecule has 0 unspecified atom stereocenters. The molecular formula is C16H18O3. The van der Waals surface area contributed by atoms with E-state index in [1.165, 1.54) is 17.7 Å². The van der Waals surface area contributed by atoms with Crippen LogP contribution in [-0.4, -0.2) is 15.3 Å². The summed E-state index contributed by atoms with van der Waals surface area (Å²) in [5.74, 6) is -0.380. The largest absolute Gasteiger partial charge is 0.508 e. The lowest BCUT2D eigenvalue weighted by atomic mass is 9.94. The average Bonchev–Trinajstić information content (AvgIpc) is 2.37. The van der Waals surface area contributed by atoms with Crippen molar-refractivity contribution in [2.45, 2.75) is 26.7 Å². The molecule has 100 valence electrons. The van der Waals surface area contributed by atoms with Crippen LogP contribution in [0.15, 0.2) is 30.3 Å². The first-order chi connectivity index (χ1) is 9.06. The predicted octanol–water partition coefficient (Wildman–Crippen LogP) is 3.60. The van der Waals surface area contributed by atoms with E-state index in [0.29, 0.717) is 5.56 Å². The number of aromatic hydroxyl groups is 3. The zero-order chi connectivity index (χ0) is 14.0. The molecule has 3 nitrogen and oxygen atoms in total. The van der Waals surface area contributed by atoms with Crippen LogP contribution < -0.4 is 0 Å². The molecule has 0 spiro atoms. The number of aryl methyl sites for hydroxylation is 2. The van der Waals surface area contributed by atoms with E-state index in [0.717, 1.165) is 24.0 Å². The van der Waals surface area contributed by atoms with Gasteiger partial charge in [0.2, 0.25) is 0 Å². The van der Waals surface area contributed by atoms with E-state index in [1.54, 1.807) is 0 Å². The average molecular weight is 258 g/mol. The van der Waals surface area contributed by atoms with E-state index in [9.17, 15) is 15.3 Å². The van der Waals surface area contributed by atoms with Crippen LogP contribution in [0.3, 0.4) is 0 Å². The minimum atomic E-state index is -0.151. The van der Waals surface area contributed by atoms with Gasteiger partial charge in [-0.25, -0.2) is 0 Å². The lowest BCUT2D eigenvalue weighted by molar-refractivity contribution is 0.430. The predicted molar refractivity (Wildman–Crippen MR) is 75.6 cm³/mol. The first-order valence-electron chi connectivity index (χ1n) is 6.43. The number of benzene rings is 2. The Morgan fingerprint density at radius 1 is 0.842 bits per heavy atom. The van der Waals surface area contributed by atoms with Crippen LogP contribution in [0.5, 0.6) is 17.2 Å². The van der Waals surface area contributed by atoms with Crippen molar-refractivity contribution < 1.29 is 15.3 Å². The normalized spacial score (nSPS) is 10.6. The molecule has 0 aliphatic carbocycles. The van der Waals surface area contributed by atoms with Crippen molar-refractivity contribution in [2.75, 3.05) is 0 Å². The van der Waals surface area contributed by atoms with E-state index in [1.807, 2.05) is 19.1 Å².